The Balaban J connectivity index is 1.82. The molecule has 1 aromatic carbocycles. The van der Waals surface area contributed by atoms with Crippen LogP contribution in [0, 0.1) is 20.8 Å². The third-order valence-corrected chi connectivity index (χ3v) is 5.48. The number of morpholine rings is 1. The fourth-order valence-corrected chi connectivity index (χ4v) is 3.99. The number of fused-ring (bicyclic) bond motifs is 1. The van der Waals surface area contributed by atoms with Crippen molar-refractivity contribution in [2.45, 2.75) is 20.8 Å². The van der Waals surface area contributed by atoms with Crippen molar-refractivity contribution in [3.63, 3.8) is 0 Å². The van der Waals surface area contributed by atoms with Crippen LogP contribution in [0.5, 0.6) is 0 Å². The summed E-state index contributed by atoms with van der Waals surface area (Å²) in [5, 5.41) is 2.31. The molecule has 0 spiro atoms. The molecule has 1 aliphatic rings. The largest absolute Gasteiger partial charge is 0.378 e. The van der Waals surface area contributed by atoms with E-state index in [2.05, 4.69) is 41.9 Å². The Bertz CT molecular complexity index is 897. The highest BCUT2D eigenvalue weighted by atomic mass is 32.1. The number of hydrogen-bond donors (Lipinski definition) is 0. The smallest absolute Gasteiger partial charge is 0.0901 e. The van der Waals surface area contributed by atoms with Crippen LogP contribution in [0.2, 0.25) is 0 Å². The standard InChI is InChI=1S/C19H21N3OS/c1-12-9-17(18-11-20-14(3)24-18)21-19-13(2)8-15(10-16(12)19)22-4-6-23-7-5-22/h8-11H,4-7H2,1-3H3. The lowest BCUT2D eigenvalue weighted by molar-refractivity contribution is 0.122. The minimum atomic E-state index is 0.804. The van der Waals surface area contributed by atoms with Crippen molar-refractivity contribution >= 4 is 27.9 Å². The van der Waals surface area contributed by atoms with Crippen LogP contribution < -0.4 is 4.90 Å². The molecule has 4 rings (SSSR count). The van der Waals surface area contributed by atoms with Gasteiger partial charge >= 0.3 is 0 Å². The van der Waals surface area contributed by atoms with E-state index in [1.807, 2.05) is 13.1 Å². The predicted molar refractivity (Wildman–Crippen MR) is 100 cm³/mol. The van der Waals surface area contributed by atoms with Gasteiger partial charge in [-0.2, -0.15) is 0 Å². The molecular weight excluding hydrogens is 318 g/mol. The number of aromatic nitrogens is 2. The number of rotatable bonds is 2. The van der Waals surface area contributed by atoms with Gasteiger partial charge in [0.05, 0.1) is 34.3 Å². The van der Waals surface area contributed by atoms with E-state index in [4.69, 9.17) is 9.72 Å². The Morgan fingerprint density at radius 2 is 1.83 bits per heavy atom. The van der Waals surface area contributed by atoms with Crippen LogP contribution in [0.3, 0.4) is 0 Å². The number of aryl methyl sites for hydroxylation is 3. The summed E-state index contributed by atoms with van der Waals surface area (Å²) in [6.07, 6.45) is 1.92. The molecule has 3 aromatic rings. The van der Waals surface area contributed by atoms with Gasteiger partial charge in [0.25, 0.3) is 0 Å². The molecule has 2 aromatic heterocycles. The summed E-state index contributed by atoms with van der Waals surface area (Å²) in [5.74, 6) is 0. The van der Waals surface area contributed by atoms with E-state index in [0.717, 1.165) is 47.4 Å². The maximum Gasteiger partial charge on any atom is 0.0901 e. The second-order valence-electron chi connectivity index (χ2n) is 6.33. The van der Waals surface area contributed by atoms with Crippen LogP contribution in [0.1, 0.15) is 16.1 Å². The maximum absolute atomic E-state index is 5.47. The SMILES string of the molecule is Cc1ncc(-c2cc(C)c3cc(N4CCOCC4)cc(C)c3n2)s1. The molecule has 0 amide bonds. The van der Waals surface area contributed by atoms with E-state index < -0.39 is 0 Å². The normalized spacial score (nSPS) is 15.2. The highest BCUT2D eigenvalue weighted by molar-refractivity contribution is 7.15. The molecule has 4 nitrogen and oxygen atoms in total. The number of pyridine rings is 1. The Kier molecular flexibility index (Phi) is 3.98. The van der Waals surface area contributed by atoms with E-state index >= 15 is 0 Å². The van der Waals surface area contributed by atoms with Crippen LogP contribution in [-0.4, -0.2) is 36.3 Å². The monoisotopic (exact) mass is 339 g/mol. The molecule has 1 fully saturated rings. The summed E-state index contributed by atoms with van der Waals surface area (Å²) < 4.78 is 5.47. The molecule has 0 aliphatic carbocycles. The zero-order valence-electron chi connectivity index (χ0n) is 14.3. The molecule has 0 unspecified atom stereocenters. The van der Waals surface area contributed by atoms with Gasteiger partial charge in [-0.1, -0.05) is 0 Å². The average Bonchev–Trinajstić information content (AvgIpc) is 3.02. The van der Waals surface area contributed by atoms with Gasteiger partial charge in [-0.05, 0) is 50.1 Å². The van der Waals surface area contributed by atoms with Crippen LogP contribution in [0.4, 0.5) is 5.69 Å². The summed E-state index contributed by atoms with van der Waals surface area (Å²) >= 11 is 1.69. The third-order valence-electron chi connectivity index (χ3n) is 4.55. The quantitative estimate of drug-likeness (QED) is 0.704. The fraction of sp³-hybridized carbons (Fsp3) is 0.368. The molecule has 0 saturated carbocycles. The van der Waals surface area contributed by atoms with Crippen LogP contribution in [0.25, 0.3) is 21.5 Å². The number of nitrogens with zero attached hydrogens (tertiary/aromatic N) is 3. The highest BCUT2D eigenvalue weighted by Crippen LogP contribution is 2.32. The van der Waals surface area contributed by atoms with Crippen molar-refractivity contribution in [1.29, 1.82) is 0 Å². The molecule has 124 valence electrons. The number of anilines is 1. The maximum atomic E-state index is 5.47. The van der Waals surface area contributed by atoms with Gasteiger partial charge in [-0.25, -0.2) is 9.97 Å². The van der Waals surface area contributed by atoms with E-state index in [0.29, 0.717) is 0 Å². The topological polar surface area (TPSA) is 38.2 Å². The molecule has 5 heteroatoms. The van der Waals surface area contributed by atoms with Gasteiger partial charge in [0.2, 0.25) is 0 Å². The molecule has 0 atom stereocenters. The Morgan fingerprint density at radius 1 is 1.04 bits per heavy atom. The third kappa shape index (κ3) is 2.78. The molecule has 0 radical (unpaired) electrons. The predicted octanol–water partition coefficient (Wildman–Crippen LogP) is 4.12. The minimum absolute atomic E-state index is 0.804. The zero-order valence-corrected chi connectivity index (χ0v) is 15.1. The van der Waals surface area contributed by atoms with Crippen molar-refractivity contribution < 1.29 is 4.74 Å². The van der Waals surface area contributed by atoms with Crippen molar-refractivity contribution in [3.05, 3.63) is 40.5 Å². The Hall–Kier alpha value is -1.98. The zero-order chi connectivity index (χ0) is 16.7. The number of benzene rings is 1. The Labute approximate surface area is 146 Å². The molecular formula is C19H21N3OS. The molecule has 24 heavy (non-hydrogen) atoms. The lowest BCUT2D eigenvalue weighted by Crippen LogP contribution is -2.36. The van der Waals surface area contributed by atoms with Gasteiger partial charge in [0, 0.05) is 30.4 Å². The summed E-state index contributed by atoms with van der Waals surface area (Å²) in [4.78, 5) is 12.8. The molecule has 0 N–H and O–H groups in total. The summed E-state index contributed by atoms with van der Waals surface area (Å²) in [6.45, 7) is 9.87. The van der Waals surface area contributed by atoms with Gasteiger partial charge in [0.1, 0.15) is 0 Å². The molecule has 0 bridgehead atoms. The molecule has 1 saturated heterocycles. The van der Waals surface area contributed by atoms with E-state index in [1.165, 1.54) is 22.2 Å². The lowest BCUT2D eigenvalue weighted by Gasteiger charge is -2.29. The minimum Gasteiger partial charge on any atom is -0.378 e. The van der Waals surface area contributed by atoms with Crippen molar-refractivity contribution in [3.8, 4) is 10.6 Å². The highest BCUT2D eigenvalue weighted by Gasteiger charge is 2.15. The van der Waals surface area contributed by atoms with Crippen LogP contribution in [-0.2, 0) is 4.74 Å². The van der Waals surface area contributed by atoms with Crippen LogP contribution in [0.15, 0.2) is 24.4 Å². The summed E-state index contributed by atoms with van der Waals surface area (Å²) in [6, 6.07) is 6.71. The van der Waals surface area contributed by atoms with E-state index in [9.17, 15) is 0 Å². The number of thiazole rings is 1. The number of hydrogen-bond acceptors (Lipinski definition) is 5. The van der Waals surface area contributed by atoms with Crippen molar-refractivity contribution in [2.24, 2.45) is 0 Å². The first-order chi connectivity index (χ1) is 11.6. The first-order valence-electron chi connectivity index (χ1n) is 8.29. The Morgan fingerprint density at radius 3 is 2.54 bits per heavy atom. The van der Waals surface area contributed by atoms with Crippen molar-refractivity contribution in [1.82, 2.24) is 9.97 Å². The van der Waals surface area contributed by atoms with Gasteiger partial charge in [0.15, 0.2) is 0 Å². The van der Waals surface area contributed by atoms with E-state index in [1.54, 1.807) is 11.3 Å². The van der Waals surface area contributed by atoms with Gasteiger partial charge in [-0.3, -0.25) is 0 Å². The second-order valence-corrected chi connectivity index (χ2v) is 7.56. The molecule has 1 aliphatic heterocycles. The molecule has 3 heterocycles. The average molecular weight is 339 g/mol. The first-order valence-corrected chi connectivity index (χ1v) is 9.11. The van der Waals surface area contributed by atoms with E-state index in [-0.39, 0.29) is 0 Å². The van der Waals surface area contributed by atoms with Crippen molar-refractivity contribution in [2.75, 3.05) is 31.2 Å². The summed E-state index contributed by atoms with van der Waals surface area (Å²) in [5.41, 5.74) is 5.87. The fourth-order valence-electron chi connectivity index (χ4n) is 3.26. The van der Waals surface area contributed by atoms with Gasteiger partial charge in [-0.15, -0.1) is 11.3 Å². The lowest BCUT2D eigenvalue weighted by atomic mass is 10.0. The van der Waals surface area contributed by atoms with Crippen LogP contribution >= 0.6 is 11.3 Å². The van der Waals surface area contributed by atoms with Gasteiger partial charge < -0.3 is 9.64 Å². The summed E-state index contributed by atoms with van der Waals surface area (Å²) in [7, 11) is 0. The number of ether oxygens (including phenoxy) is 1. The first kappa shape index (κ1) is 15.5. The second kappa shape index (κ2) is 6.15.